The summed E-state index contributed by atoms with van der Waals surface area (Å²) in [5.41, 5.74) is 5.14. The van der Waals surface area contributed by atoms with E-state index in [2.05, 4.69) is 37.5 Å². The number of hydrogen-bond donors (Lipinski definition) is 2. The third kappa shape index (κ3) is 9.22. The maximum absolute atomic E-state index is 11.7. The van der Waals surface area contributed by atoms with E-state index in [1.54, 1.807) is 26.4 Å². The Hall–Kier alpha value is -2.25. The molecule has 2 aromatic rings. The van der Waals surface area contributed by atoms with Gasteiger partial charge in [0, 0.05) is 10.8 Å². The number of nitroso groups, excluding NO2 is 1. The van der Waals surface area contributed by atoms with Crippen LogP contribution in [-0.4, -0.2) is 25.2 Å². The molecular weight excluding hydrogens is 484 g/mol. The number of allylic oxidation sites excluding steroid dienone is 2. The van der Waals surface area contributed by atoms with Crippen LogP contribution in [0.2, 0.25) is 0 Å². The summed E-state index contributed by atoms with van der Waals surface area (Å²) in [6.07, 6.45) is 16.3. The number of nitrogens with one attached hydrogen (secondary N) is 1. The second-order valence-corrected chi connectivity index (χ2v) is 11.2. The van der Waals surface area contributed by atoms with E-state index < -0.39 is 0 Å². The molecule has 1 unspecified atom stereocenters. The first-order valence-corrected chi connectivity index (χ1v) is 14.8. The van der Waals surface area contributed by atoms with Crippen LogP contribution >= 0.6 is 11.8 Å². The number of thioether (sulfide) groups is 1. The number of ether oxygens (including phenoxy) is 2. The quantitative estimate of drug-likeness (QED) is 0.0814. The van der Waals surface area contributed by atoms with Crippen molar-refractivity contribution >= 4 is 33.9 Å². The van der Waals surface area contributed by atoms with Crippen LogP contribution in [0.1, 0.15) is 102 Å². The van der Waals surface area contributed by atoms with Crippen molar-refractivity contribution in [3.63, 3.8) is 0 Å². The minimum absolute atomic E-state index is 0.131. The topological polar surface area (TPSA) is 80.1 Å². The summed E-state index contributed by atoms with van der Waals surface area (Å²) in [6, 6.07) is 5.18. The summed E-state index contributed by atoms with van der Waals surface area (Å²) in [6.45, 7) is 6.48. The molecule has 0 bridgehead atoms. The molecule has 37 heavy (non-hydrogen) atoms. The Morgan fingerprint density at radius 1 is 1.00 bits per heavy atom. The fraction of sp³-hybridized carbons (Fsp3) is 0.600. The minimum atomic E-state index is 0.131. The molecule has 0 heterocycles. The Kier molecular flexibility index (Phi) is 14.5. The Balaban J connectivity index is 2.20. The van der Waals surface area contributed by atoms with Crippen LogP contribution < -0.4 is 15.0 Å². The van der Waals surface area contributed by atoms with Crippen LogP contribution in [0.15, 0.2) is 35.0 Å². The number of benzene rings is 2. The van der Waals surface area contributed by atoms with Gasteiger partial charge in [-0.3, -0.25) is 10.7 Å². The van der Waals surface area contributed by atoms with Gasteiger partial charge in [-0.2, -0.15) is 11.8 Å². The third-order valence-electron chi connectivity index (χ3n) is 6.75. The highest BCUT2D eigenvalue weighted by Crippen LogP contribution is 2.50. The molecule has 0 aliphatic rings. The summed E-state index contributed by atoms with van der Waals surface area (Å²) in [7, 11) is 3.21. The summed E-state index contributed by atoms with van der Waals surface area (Å²) in [4.78, 5) is 11.7. The average molecular weight is 531 g/mol. The highest BCUT2D eigenvalue weighted by atomic mass is 32.2. The first-order valence-electron chi connectivity index (χ1n) is 13.7. The van der Waals surface area contributed by atoms with Crippen LogP contribution in [-0.2, 0) is 0 Å². The monoisotopic (exact) mass is 530 g/mol. The molecule has 2 N–H and O–H groups in total. The second kappa shape index (κ2) is 17.3. The standard InChI is InChI=1S/C30H46N2O4S/c1-6-7-8-9-10-11-12-13-14-15-20-37-27(19-16-22(2)3)23-21-26(35-4)28-24(31-33)17-18-25(32-34)29(28)30(23)36-5/h16-18,21,27,31,33H,6-15,19-20H2,1-5H3. The lowest BCUT2D eigenvalue weighted by atomic mass is 9.97. The molecule has 0 saturated carbocycles. The fourth-order valence-electron chi connectivity index (χ4n) is 4.73. The van der Waals surface area contributed by atoms with E-state index in [4.69, 9.17) is 9.47 Å². The zero-order valence-electron chi connectivity index (χ0n) is 23.4. The Labute approximate surface area is 227 Å². The maximum Gasteiger partial charge on any atom is 0.133 e. The van der Waals surface area contributed by atoms with E-state index in [0.29, 0.717) is 28.0 Å². The number of rotatable bonds is 19. The lowest BCUT2D eigenvalue weighted by Gasteiger charge is -2.23. The zero-order valence-corrected chi connectivity index (χ0v) is 24.2. The van der Waals surface area contributed by atoms with Crippen molar-refractivity contribution in [3.8, 4) is 11.5 Å². The molecule has 0 fully saturated rings. The van der Waals surface area contributed by atoms with Crippen LogP contribution in [0.4, 0.5) is 11.4 Å². The molecule has 2 rings (SSSR count). The molecule has 7 heteroatoms. The molecule has 0 aromatic heterocycles. The van der Waals surface area contributed by atoms with E-state index in [-0.39, 0.29) is 10.9 Å². The van der Waals surface area contributed by atoms with Gasteiger partial charge in [-0.1, -0.05) is 76.4 Å². The van der Waals surface area contributed by atoms with Gasteiger partial charge in [-0.05, 0) is 55.8 Å². The van der Waals surface area contributed by atoms with Crippen molar-refractivity contribution in [3.05, 3.63) is 40.3 Å². The van der Waals surface area contributed by atoms with Crippen LogP contribution in [0.5, 0.6) is 11.5 Å². The van der Waals surface area contributed by atoms with Crippen molar-refractivity contribution in [1.82, 2.24) is 0 Å². The summed E-state index contributed by atoms with van der Waals surface area (Å²) < 4.78 is 11.6. The Morgan fingerprint density at radius 3 is 2.19 bits per heavy atom. The van der Waals surface area contributed by atoms with Crippen molar-refractivity contribution in [2.45, 2.75) is 96.7 Å². The molecule has 6 nitrogen and oxygen atoms in total. The molecule has 1 atom stereocenters. The van der Waals surface area contributed by atoms with Gasteiger partial charge in [-0.25, -0.2) is 0 Å². The van der Waals surface area contributed by atoms with Gasteiger partial charge < -0.3 is 9.47 Å². The van der Waals surface area contributed by atoms with Gasteiger partial charge >= 0.3 is 0 Å². The van der Waals surface area contributed by atoms with E-state index in [0.717, 1.165) is 17.7 Å². The smallest absolute Gasteiger partial charge is 0.133 e. The number of hydrogen-bond acceptors (Lipinski definition) is 7. The van der Waals surface area contributed by atoms with E-state index in [1.165, 1.54) is 69.8 Å². The average Bonchev–Trinajstić information content (AvgIpc) is 2.91. The number of unbranched alkanes of at least 4 members (excludes halogenated alkanes) is 9. The molecule has 0 aliphatic heterocycles. The molecule has 2 aromatic carbocycles. The molecule has 0 saturated heterocycles. The first kappa shape index (κ1) is 31.0. The highest BCUT2D eigenvalue weighted by molar-refractivity contribution is 7.99. The normalized spacial score (nSPS) is 11.8. The van der Waals surface area contributed by atoms with Crippen molar-refractivity contribution in [1.29, 1.82) is 0 Å². The third-order valence-corrected chi connectivity index (χ3v) is 8.13. The SMILES string of the molecule is CCCCCCCCCCCCSC(CC=C(C)C)c1cc(OC)c2c(NO)ccc(N=O)c2c1OC. The predicted octanol–water partition coefficient (Wildman–Crippen LogP) is 10.1. The summed E-state index contributed by atoms with van der Waals surface area (Å²) in [5.74, 6) is 2.22. The van der Waals surface area contributed by atoms with Gasteiger partial charge in [0.15, 0.2) is 0 Å². The van der Waals surface area contributed by atoms with E-state index in [1.807, 2.05) is 17.8 Å². The highest BCUT2D eigenvalue weighted by Gasteiger charge is 2.24. The molecular formula is C30H46N2O4S. The molecule has 0 aliphatic carbocycles. The van der Waals surface area contributed by atoms with Crippen LogP contribution in [0, 0.1) is 4.91 Å². The van der Waals surface area contributed by atoms with Crippen LogP contribution in [0.3, 0.4) is 0 Å². The number of methoxy groups -OCH3 is 2. The summed E-state index contributed by atoms with van der Waals surface area (Å²) in [5, 5.41) is 14.2. The van der Waals surface area contributed by atoms with Crippen molar-refractivity contribution < 1.29 is 14.7 Å². The van der Waals surface area contributed by atoms with Gasteiger partial charge in [0.25, 0.3) is 0 Å². The first-order chi connectivity index (χ1) is 18.0. The van der Waals surface area contributed by atoms with Crippen LogP contribution in [0.25, 0.3) is 10.8 Å². The predicted molar refractivity (Wildman–Crippen MR) is 159 cm³/mol. The Morgan fingerprint density at radius 2 is 1.65 bits per heavy atom. The maximum atomic E-state index is 11.7. The Bertz CT molecular complexity index is 1000. The van der Waals surface area contributed by atoms with E-state index in [9.17, 15) is 10.1 Å². The van der Waals surface area contributed by atoms with Gasteiger partial charge in [0.1, 0.15) is 17.2 Å². The van der Waals surface area contributed by atoms with Gasteiger partial charge in [-0.15, -0.1) is 4.91 Å². The second-order valence-electron chi connectivity index (χ2n) is 9.85. The van der Waals surface area contributed by atoms with Gasteiger partial charge in [0.05, 0.1) is 30.7 Å². The number of anilines is 1. The zero-order chi connectivity index (χ0) is 27.0. The number of fused-ring (bicyclic) bond motifs is 1. The fourth-order valence-corrected chi connectivity index (χ4v) is 5.97. The lowest BCUT2D eigenvalue weighted by Crippen LogP contribution is -2.03. The van der Waals surface area contributed by atoms with Gasteiger partial charge in [0.2, 0.25) is 0 Å². The largest absolute Gasteiger partial charge is 0.496 e. The molecule has 206 valence electrons. The van der Waals surface area contributed by atoms with Crippen molar-refractivity contribution in [2.75, 3.05) is 25.5 Å². The van der Waals surface area contributed by atoms with Crippen molar-refractivity contribution in [2.24, 2.45) is 5.18 Å². The molecule has 0 radical (unpaired) electrons. The minimum Gasteiger partial charge on any atom is -0.496 e. The summed E-state index contributed by atoms with van der Waals surface area (Å²) >= 11 is 1.92. The molecule has 0 amide bonds. The number of nitrogens with zero attached hydrogens (tertiary/aromatic N) is 1. The lowest BCUT2D eigenvalue weighted by molar-refractivity contribution is 0.388. The molecule has 0 spiro atoms. The van der Waals surface area contributed by atoms with E-state index >= 15 is 0 Å².